The molecule has 2 aliphatic heterocycles. The van der Waals surface area contributed by atoms with Gasteiger partial charge in [0.25, 0.3) is 0 Å². The van der Waals surface area contributed by atoms with Crippen LogP contribution in [0.1, 0.15) is 68.6 Å². The van der Waals surface area contributed by atoms with Crippen molar-refractivity contribution in [3.05, 3.63) is 199 Å². The molecular weight excluding hydrogens is 779 g/mol. The van der Waals surface area contributed by atoms with Gasteiger partial charge in [-0.3, -0.25) is 0 Å². The molecule has 0 spiro atoms. The minimum absolute atomic E-state index is 0.112. The van der Waals surface area contributed by atoms with Gasteiger partial charge in [0, 0.05) is 22.5 Å². The van der Waals surface area contributed by atoms with Crippen LogP contribution in [-0.4, -0.2) is 16.1 Å². The number of nitrogens with zero attached hydrogens (tertiary/aromatic N) is 1. The molecule has 62 heavy (non-hydrogen) atoms. The van der Waals surface area contributed by atoms with Crippen LogP contribution in [0, 0.1) is 0 Å². The molecule has 12 rings (SSSR count). The van der Waals surface area contributed by atoms with Gasteiger partial charge in [0.05, 0.1) is 0 Å². The fourth-order valence-electron chi connectivity index (χ4n) is 12.5. The maximum absolute atomic E-state index is 2.79. The van der Waals surface area contributed by atoms with Crippen LogP contribution in [0.5, 0.6) is 0 Å². The summed E-state index contributed by atoms with van der Waals surface area (Å²) in [5, 5.41) is 9.04. The number of hydrogen-bond acceptors (Lipinski definition) is 1. The molecule has 0 unspecified atom stereocenters. The molecule has 1 fully saturated rings. The first-order valence-corrected chi connectivity index (χ1v) is 28.0. The predicted octanol–water partition coefficient (Wildman–Crippen LogP) is 11.7. The van der Waals surface area contributed by atoms with Gasteiger partial charge in [-0.25, -0.2) is 0 Å². The summed E-state index contributed by atoms with van der Waals surface area (Å²) in [6, 6.07) is 71.3. The molecular formula is C59H53NSi2. The Balaban J connectivity index is 1.15. The van der Waals surface area contributed by atoms with E-state index >= 15 is 0 Å². The van der Waals surface area contributed by atoms with E-state index in [1.165, 1.54) is 125 Å². The zero-order chi connectivity index (χ0) is 41.8. The first-order chi connectivity index (χ1) is 30.3. The molecule has 0 atom stereocenters. The smallest absolute Gasteiger partial charge is 0.180 e. The van der Waals surface area contributed by atoms with Crippen LogP contribution in [0.15, 0.2) is 182 Å². The lowest BCUT2D eigenvalue weighted by Crippen LogP contribution is -2.72. The average molecular weight is 832 g/mol. The zero-order valence-corrected chi connectivity index (χ0v) is 38.4. The molecule has 0 aromatic heterocycles. The van der Waals surface area contributed by atoms with E-state index in [2.05, 4.69) is 214 Å². The van der Waals surface area contributed by atoms with Gasteiger partial charge in [-0.05, 0) is 136 Å². The van der Waals surface area contributed by atoms with Gasteiger partial charge in [0.1, 0.15) is 8.07 Å². The molecule has 0 radical (unpaired) electrons. The molecule has 2 heterocycles. The predicted molar refractivity (Wildman–Crippen MR) is 269 cm³/mol. The fraction of sp³-hybridized carbons (Fsp3) is 0.186. The highest BCUT2D eigenvalue weighted by atomic mass is 28.3. The average Bonchev–Trinajstić information content (AvgIpc) is 3.84. The summed E-state index contributed by atoms with van der Waals surface area (Å²) >= 11 is 0. The minimum atomic E-state index is -2.79. The van der Waals surface area contributed by atoms with Crippen LogP contribution in [0.25, 0.3) is 33.4 Å². The monoisotopic (exact) mass is 831 g/mol. The lowest BCUT2D eigenvalue weighted by atomic mass is 9.82. The number of benzene rings is 8. The lowest BCUT2D eigenvalue weighted by Gasteiger charge is -2.35. The third-order valence-electron chi connectivity index (χ3n) is 15.5. The quantitative estimate of drug-likeness (QED) is 0.151. The van der Waals surface area contributed by atoms with E-state index in [1.807, 2.05) is 0 Å². The van der Waals surface area contributed by atoms with Crippen molar-refractivity contribution in [3.8, 4) is 33.4 Å². The van der Waals surface area contributed by atoms with Crippen LogP contribution in [0.2, 0.25) is 13.1 Å². The van der Waals surface area contributed by atoms with Gasteiger partial charge >= 0.3 is 0 Å². The van der Waals surface area contributed by atoms with Crippen LogP contribution >= 0.6 is 0 Å². The highest BCUT2D eigenvalue weighted by molar-refractivity contribution is 7.22. The van der Waals surface area contributed by atoms with Crippen molar-refractivity contribution in [2.75, 3.05) is 4.90 Å². The Kier molecular flexibility index (Phi) is 8.52. The van der Waals surface area contributed by atoms with Crippen molar-refractivity contribution < 1.29 is 0 Å². The molecule has 1 nitrogen and oxygen atoms in total. The summed E-state index contributed by atoms with van der Waals surface area (Å²) in [5.74, 6) is 0.535. The molecule has 0 amide bonds. The molecule has 0 saturated heterocycles. The summed E-state index contributed by atoms with van der Waals surface area (Å²) in [4.78, 5) is 2.66. The standard InChI is InChI=1S/C59H53NSi2/c1-59(2)53-27-15-11-23-47(53)48-33-31-42(38-54(48)59)60(43-32-34-52-49-24-12-16-28-55(49)61(3,4)58(52)39-43)44-35-41(40-19-7-5-8-20-40)36-46(37-44)62(45-21-9-6-10-22-45)56-29-17-13-25-50(56)51-26-14-18-30-57(51)62/h6,9-18,21-40H,5,7-8,19-20H2,1-4H3. The van der Waals surface area contributed by atoms with Gasteiger partial charge < -0.3 is 4.90 Å². The summed E-state index contributed by atoms with van der Waals surface area (Å²) in [6.07, 6.45) is 6.43. The Morgan fingerprint density at radius 1 is 0.419 bits per heavy atom. The largest absolute Gasteiger partial charge is 0.310 e. The minimum Gasteiger partial charge on any atom is -0.310 e. The Hall–Kier alpha value is -6.01. The Morgan fingerprint density at radius 3 is 1.65 bits per heavy atom. The number of hydrogen-bond donors (Lipinski definition) is 0. The number of fused-ring (bicyclic) bond motifs is 9. The molecule has 8 aromatic carbocycles. The third kappa shape index (κ3) is 5.37. The van der Waals surface area contributed by atoms with Crippen molar-refractivity contribution in [1.29, 1.82) is 0 Å². The molecule has 2 aliphatic carbocycles. The van der Waals surface area contributed by atoms with Gasteiger partial charge in [0.15, 0.2) is 8.07 Å². The third-order valence-corrected chi connectivity index (χ3v) is 23.9. The summed E-state index contributed by atoms with van der Waals surface area (Å²) in [5.41, 5.74) is 16.3. The highest BCUT2D eigenvalue weighted by Gasteiger charge is 2.49. The molecule has 0 N–H and O–H groups in total. The molecule has 302 valence electrons. The van der Waals surface area contributed by atoms with E-state index in [0.29, 0.717) is 5.92 Å². The maximum Gasteiger partial charge on any atom is 0.180 e. The lowest BCUT2D eigenvalue weighted by molar-refractivity contribution is 0.444. The second-order valence-electron chi connectivity index (χ2n) is 19.5. The van der Waals surface area contributed by atoms with E-state index in [1.54, 1.807) is 5.19 Å². The molecule has 1 saturated carbocycles. The molecule has 8 aromatic rings. The van der Waals surface area contributed by atoms with Crippen molar-refractivity contribution in [1.82, 2.24) is 0 Å². The van der Waals surface area contributed by atoms with Gasteiger partial charge in [-0.2, -0.15) is 0 Å². The first kappa shape index (κ1) is 37.7. The highest BCUT2D eigenvalue weighted by Crippen LogP contribution is 2.51. The molecule has 0 bridgehead atoms. The van der Waals surface area contributed by atoms with E-state index in [0.717, 1.165) is 0 Å². The van der Waals surface area contributed by atoms with E-state index in [4.69, 9.17) is 0 Å². The van der Waals surface area contributed by atoms with Crippen LogP contribution in [-0.2, 0) is 5.41 Å². The number of rotatable bonds is 6. The Labute approximate surface area is 369 Å². The van der Waals surface area contributed by atoms with Crippen molar-refractivity contribution >= 4 is 64.3 Å². The SMILES string of the molecule is CC1(C)c2ccccc2-c2ccc(N(c3cc(C4CCCCC4)cc([Si]4(c5ccccc5)c5ccccc5-c5ccccc54)c3)c3ccc4c(c3)[Si](C)(C)c3ccccc3-4)cc21. The summed E-state index contributed by atoms with van der Waals surface area (Å²) < 4.78 is 0. The van der Waals surface area contributed by atoms with Crippen LogP contribution in [0.3, 0.4) is 0 Å². The van der Waals surface area contributed by atoms with E-state index in [-0.39, 0.29) is 5.41 Å². The van der Waals surface area contributed by atoms with Crippen molar-refractivity contribution in [3.63, 3.8) is 0 Å². The Morgan fingerprint density at radius 2 is 0.952 bits per heavy atom. The normalized spacial score (nSPS) is 17.0. The first-order valence-electron chi connectivity index (χ1n) is 23.0. The van der Waals surface area contributed by atoms with Crippen molar-refractivity contribution in [2.45, 2.75) is 70.4 Å². The second-order valence-corrected chi connectivity index (χ2v) is 27.6. The Bertz CT molecular complexity index is 2930. The number of anilines is 3. The van der Waals surface area contributed by atoms with Gasteiger partial charge in [-0.15, -0.1) is 0 Å². The fourth-order valence-corrected chi connectivity index (χ4v) is 20.8. The maximum atomic E-state index is 2.69. The molecule has 4 aliphatic rings. The second kappa shape index (κ2) is 14.0. The van der Waals surface area contributed by atoms with E-state index < -0.39 is 16.1 Å². The summed E-state index contributed by atoms with van der Waals surface area (Å²) in [7, 11) is -4.75. The van der Waals surface area contributed by atoms with Gasteiger partial charge in [0.2, 0.25) is 0 Å². The van der Waals surface area contributed by atoms with Crippen molar-refractivity contribution in [2.24, 2.45) is 0 Å². The zero-order valence-electron chi connectivity index (χ0n) is 36.4. The van der Waals surface area contributed by atoms with Crippen LogP contribution in [0.4, 0.5) is 17.1 Å². The topological polar surface area (TPSA) is 3.24 Å². The summed E-state index contributed by atoms with van der Waals surface area (Å²) in [6.45, 7) is 9.93. The van der Waals surface area contributed by atoms with Gasteiger partial charge in [-0.1, -0.05) is 192 Å². The molecule has 3 heteroatoms. The van der Waals surface area contributed by atoms with E-state index in [9.17, 15) is 0 Å². The van der Waals surface area contributed by atoms with Crippen LogP contribution < -0.4 is 36.0 Å².